The number of hydrogen-bond acceptors (Lipinski definition) is 2. The highest BCUT2D eigenvalue weighted by Gasteiger charge is 2.45. The molecule has 0 aromatic heterocycles. The van der Waals surface area contributed by atoms with Gasteiger partial charge in [-0.1, -0.05) is 71.2 Å². The predicted molar refractivity (Wildman–Crippen MR) is 121 cm³/mol. The van der Waals surface area contributed by atoms with Gasteiger partial charge in [-0.2, -0.15) is 0 Å². The Kier molecular flexibility index (Phi) is 6.73. The van der Waals surface area contributed by atoms with E-state index >= 15 is 4.57 Å². The van der Waals surface area contributed by atoms with Crippen molar-refractivity contribution in [2.24, 2.45) is 0 Å². The third-order valence-electron chi connectivity index (χ3n) is 6.11. The first-order valence-corrected chi connectivity index (χ1v) is 13.1. The van der Waals surface area contributed by atoms with Crippen molar-refractivity contribution >= 4 is 28.5 Å². The third-order valence-corrected chi connectivity index (χ3v) is 10.2. The van der Waals surface area contributed by atoms with Crippen LogP contribution in [0, 0.1) is 0 Å². The molecule has 0 amide bonds. The number of likely N-dealkylation sites (tertiary alicyclic amines) is 1. The number of benzene rings is 2. The highest BCUT2D eigenvalue weighted by Crippen LogP contribution is 2.63. The van der Waals surface area contributed by atoms with Gasteiger partial charge in [-0.15, -0.1) is 0 Å². The minimum absolute atomic E-state index is 0.0681. The van der Waals surface area contributed by atoms with E-state index in [4.69, 9.17) is 0 Å². The second-order valence-corrected chi connectivity index (χ2v) is 11.7. The van der Waals surface area contributed by atoms with E-state index in [2.05, 4.69) is 61.9 Å². The van der Waals surface area contributed by atoms with E-state index in [1.54, 1.807) is 0 Å². The van der Waals surface area contributed by atoms with Crippen molar-refractivity contribution in [2.75, 3.05) is 26.2 Å². The van der Waals surface area contributed by atoms with Gasteiger partial charge in [0.05, 0.1) is 0 Å². The largest absolute Gasteiger partial charge is 0.299 e. The van der Waals surface area contributed by atoms with Crippen molar-refractivity contribution in [3.8, 4) is 0 Å². The van der Waals surface area contributed by atoms with Gasteiger partial charge in [0.1, 0.15) is 5.78 Å². The zero-order valence-electron chi connectivity index (χ0n) is 16.5. The average Bonchev–Trinajstić information content (AvgIpc) is 2.77. The molecule has 2 aliphatic heterocycles. The van der Waals surface area contributed by atoms with Crippen molar-refractivity contribution in [3.05, 3.63) is 64.6 Å². The Morgan fingerprint density at radius 2 is 1.32 bits per heavy atom. The standard InChI is InChI=1S/C23H30BrN2OP/c24-21-14-12-20(13-15-21)23(25-16-6-2-7-17-25)28(27,22-10-4-1-5-11-22)26-18-8-3-9-19-26/h1,4-5,10-15,23H,2-3,6-9,16-19H2/t23-,28+/m0/s1. The third kappa shape index (κ3) is 4.16. The minimum atomic E-state index is -2.82. The van der Waals surface area contributed by atoms with E-state index in [0.717, 1.165) is 48.8 Å². The highest BCUT2D eigenvalue weighted by atomic mass is 79.9. The summed E-state index contributed by atoms with van der Waals surface area (Å²) in [5.74, 6) is -0.0681. The summed E-state index contributed by atoms with van der Waals surface area (Å²) in [4.78, 5) is 2.51. The fraction of sp³-hybridized carbons (Fsp3) is 0.478. The monoisotopic (exact) mass is 460 g/mol. The molecular weight excluding hydrogens is 431 g/mol. The van der Waals surface area contributed by atoms with Gasteiger partial charge in [-0.25, -0.2) is 4.67 Å². The summed E-state index contributed by atoms with van der Waals surface area (Å²) in [5.41, 5.74) is 1.18. The van der Waals surface area contributed by atoms with Crippen LogP contribution in [0.1, 0.15) is 49.9 Å². The van der Waals surface area contributed by atoms with Crippen LogP contribution >= 0.6 is 23.2 Å². The van der Waals surface area contributed by atoms with Crippen molar-refractivity contribution in [2.45, 2.75) is 44.3 Å². The molecule has 3 nitrogen and oxygen atoms in total. The van der Waals surface area contributed by atoms with Gasteiger partial charge in [-0.05, 0) is 56.5 Å². The van der Waals surface area contributed by atoms with Gasteiger partial charge in [0.25, 0.3) is 0 Å². The summed E-state index contributed by atoms with van der Waals surface area (Å²) < 4.78 is 18.5. The molecule has 0 saturated carbocycles. The first-order valence-electron chi connectivity index (χ1n) is 10.6. The van der Waals surface area contributed by atoms with Crippen LogP contribution in [0.3, 0.4) is 0 Å². The molecule has 2 fully saturated rings. The van der Waals surface area contributed by atoms with Crippen molar-refractivity contribution in [1.29, 1.82) is 0 Å². The second kappa shape index (κ2) is 9.26. The van der Waals surface area contributed by atoms with E-state index in [1.165, 1.54) is 31.2 Å². The zero-order valence-corrected chi connectivity index (χ0v) is 19.0. The molecule has 0 N–H and O–H groups in total. The van der Waals surface area contributed by atoms with Crippen molar-refractivity contribution in [3.63, 3.8) is 0 Å². The van der Waals surface area contributed by atoms with Gasteiger partial charge < -0.3 is 0 Å². The molecule has 0 radical (unpaired) electrons. The normalized spacial score (nSPS) is 22.5. The van der Waals surface area contributed by atoms with Gasteiger partial charge >= 0.3 is 0 Å². The lowest BCUT2D eigenvalue weighted by Crippen LogP contribution is -2.41. The Hall–Kier alpha value is -0.930. The fourth-order valence-electron chi connectivity index (χ4n) is 4.71. The zero-order chi connectivity index (χ0) is 19.4. The van der Waals surface area contributed by atoms with E-state index in [9.17, 15) is 0 Å². The van der Waals surface area contributed by atoms with Crippen LogP contribution < -0.4 is 5.30 Å². The topological polar surface area (TPSA) is 23.6 Å². The summed E-state index contributed by atoms with van der Waals surface area (Å²) >= 11 is 3.57. The first kappa shape index (κ1) is 20.3. The lowest BCUT2D eigenvalue weighted by atomic mass is 10.1. The second-order valence-electron chi connectivity index (χ2n) is 7.99. The van der Waals surface area contributed by atoms with Crippen LogP contribution in [0.2, 0.25) is 0 Å². The molecule has 5 heteroatoms. The Morgan fingerprint density at radius 3 is 1.93 bits per heavy atom. The highest BCUT2D eigenvalue weighted by molar-refractivity contribution is 9.10. The first-order chi connectivity index (χ1) is 13.7. The summed E-state index contributed by atoms with van der Waals surface area (Å²) in [7, 11) is -2.82. The molecule has 0 spiro atoms. The molecule has 2 aromatic rings. The fourth-order valence-corrected chi connectivity index (χ4v) is 8.62. The van der Waals surface area contributed by atoms with Gasteiger partial charge in [0, 0.05) is 22.9 Å². The number of halogens is 1. The molecule has 2 heterocycles. The van der Waals surface area contributed by atoms with Crippen LogP contribution in [0.4, 0.5) is 0 Å². The summed E-state index contributed by atoms with van der Waals surface area (Å²) in [5, 5.41) is 1.01. The molecule has 0 unspecified atom stereocenters. The van der Waals surface area contributed by atoms with Gasteiger partial charge in [0.15, 0.2) is 7.29 Å². The summed E-state index contributed by atoms with van der Waals surface area (Å²) in [6.45, 7) is 3.94. The quantitative estimate of drug-likeness (QED) is 0.509. The number of piperidine rings is 2. The SMILES string of the molecule is O=[P@](c1ccccc1)([C@@H](c1ccc(Br)cc1)N1CCCCC1)N1CCCCC1. The van der Waals surface area contributed by atoms with Gasteiger partial charge in [-0.3, -0.25) is 9.46 Å². The Labute approximate surface area is 177 Å². The van der Waals surface area contributed by atoms with Crippen LogP contribution in [0.25, 0.3) is 0 Å². The number of hydrogen-bond donors (Lipinski definition) is 0. The molecule has 0 bridgehead atoms. The molecule has 2 aliphatic rings. The van der Waals surface area contributed by atoms with Crippen molar-refractivity contribution < 1.29 is 4.57 Å². The molecule has 4 rings (SSSR count). The van der Waals surface area contributed by atoms with E-state index < -0.39 is 7.29 Å². The van der Waals surface area contributed by atoms with Crippen LogP contribution in [0.5, 0.6) is 0 Å². The summed E-state index contributed by atoms with van der Waals surface area (Å²) in [6, 6.07) is 18.8. The van der Waals surface area contributed by atoms with Crippen LogP contribution in [-0.2, 0) is 4.57 Å². The van der Waals surface area contributed by atoms with E-state index in [1.807, 2.05) is 18.2 Å². The maximum Gasteiger partial charge on any atom is 0.199 e. The van der Waals surface area contributed by atoms with Crippen molar-refractivity contribution in [1.82, 2.24) is 9.57 Å². The average molecular weight is 461 g/mol. The van der Waals surface area contributed by atoms with Gasteiger partial charge in [0.2, 0.25) is 0 Å². The van der Waals surface area contributed by atoms with E-state index in [-0.39, 0.29) is 5.78 Å². The molecule has 2 aromatic carbocycles. The maximum absolute atomic E-state index is 15.1. The minimum Gasteiger partial charge on any atom is -0.299 e. The van der Waals surface area contributed by atoms with Crippen LogP contribution in [0.15, 0.2) is 59.1 Å². The Morgan fingerprint density at radius 1 is 0.750 bits per heavy atom. The summed E-state index contributed by atoms with van der Waals surface area (Å²) in [6.07, 6.45) is 7.21. The predicted octanol–water partition coefficient (Wildman–Crippen LogP) is 6.02. The number of rotatable bonds is 5. The maximum atomic E-state index is 15.1. The Bertz CT molecular complexity index is 799. The molecular formula is C23H30BrN2OP. The van der Waals surface area contributed by atoms with E-state index in [0.29, 0.717) is 0 Å². The smallest absolute Gasteiger partial charge is 0.199 e. The molecule has 2 saturated heterocycles. The molecule has 28 heavy (non-hydrogen) atoms. The molecule has 0 aliphatic carbocycles. The molecule has 2 atom stereocenters. The number of nitrogens with zero attached hydrogens (tertiary/aromatic N) is 2. The lowest BCUT2D eigenvalue weighted by Gasteiger charge is -2.45. The van der Waals surface area contributed by atoms with Crippen LogP contribution in [-0.4, -0.2) is 35.7 Å². The lowest BCUT2D eigenvalue weighted by molar-refractivity contribution is 0.198. The molecule has 150 valence electrons. The Balaban J connectivity index is 1.84.